The van der Waals surface area contributed by atoms with Gasteiger partial charge in [-0.3, -0.25) is 4.79 Å². The van der Waals surface area contributed by atoms with Gasteiger partial charge in [-0.2, -0.15) is 13.2 Å². The van der Waals surface area contributed by atoms with Crippen LogP contribution in [0.2, 0.25) is 0 Å². The predicted molar refractivity (Wildman–Crippen MR) is 101 cm³/mol. The van der Waals surface area contributed by atoms with Gasteiger partial charge in [0.05, 0.1) is 5.69 Å². The molecule has 2 aromatic rings. The fraction of sp³-hybridized carbons (Fsp3) is 0.389. The molecule has 0 aliphatic heterocycles. The molecule has 2 N–H and O–H groups in total. The zero-order valence-corrected chi connectivity index (χ0v) is 16.0. The van der Waals surface area contributed by atoms with E-state index in [1.807, 2.05) is 18.2 Å². The molecule has 0 fully saturated rings. The molecule has 0 saturated carbocycles. The molecular formula is C18H21F3N2O6. The molecule has 2 rings (SSSR count). The van der Waals surface area contributed by atoms with Crippen LogP contribution >= 0.6 is 0 Å². The van der Waals surface area contributed by atoms with Gasteiger partial charge in [-0.25, -0.2) is 9.59 Å². The van der Waals surface area contributed by atoms with Gasteiger partial charge in [0.25, 0.3) is 0 Å². The van der Waals surface area contributed by atoms with Crippen molar-refractivity contribution in [3.05, 3.63) is 34.7 Å². The summed E-state index contributed by atoms with van der Waals surface area (Å²) in [4.78, 5) is 35.2. The van der Waals surface area contributed by atoms with E-state index >= 15 is 0 Å². The third-order valence-electron chi connectivity index (χ3n) is 3.86. The Bertz CT molecular complexity index is 922. The topological polar surface area (TPSA) is 111 Å². The van der Waals surface area contributed by atoms with E-state index < -0.39 is 23.7 Å². The van der Waals surface area contributed by atoms with Crippen molar-refractivity contribution in [2.75, 3.05) is 36.5 Å². The molecule has 0 saturated heterocycles. The van der Waals surface area contributed by atoms with Crippen LogP contribution < -0.4 is 15.4 Å². The molecule has 8 nitrogen and oxygen atoms in total. The van der Waals surface area contributed by atoms with Crippen LogP contribution in [0, 0.1) is 0 Å². The van der Waals surface area contributed by atoms with Crippen LogP contribution in [0.3, 0.4) is 0 Å². The van der Waals surface area contributed by atoms with E-state index in [0.717, 1.165) is 24.2 Å². The average Bonchev–Trinajstić information content (AvgIpc) is 2.60. The quantitative estimate of drug-likeness (QED) is 0.689. The summed E-state index contributed by atoms with van der Waals surface area (Å²) in [7, 11) is 1.64. The number of aliphatic carboxylic acids is 2. The molecular weight excluding hydrogens is 397 g/mol. The number of nitrogens with zero attached hydrogens (tertiary/aromatic N) is 2. The summed E-state index contributed by atoms with van der Waals surface area (Å²) in [6, 6.07) is 6.96. The number of hydrogen-bond donors (Lipinski definition) is 2. The number of carboxylic acids is 2. The molecule has 0 atom stereocenters. The lowest BCUT2D eigenvalue weighted by Gasteiger charge is -2.22. The highest BCUT2D eigenvalue weighted by atomic mass is 19.4. The third kappa shape index (κ3) is 6.70. The zero-order valence-electron chi connectivity index (χ0n) is 16.0. The summed E-state index contributed by atoms with van der Waals surface area (Å²) in [6.07, 6.45) is -5.08. The van der Waals surface area contributed by atoms with Crippen molar-refractivity contribution >= 4 is 34.3 Å². The number of alkyl halides is 3. The second-order valence-corrected chi connectivity index (χ2v) is 5.86. The van der Waals surface area contributed by atoms with Crippen LogP contribution in [0.4, 0.5) is 24.5 Å². The Balaban J connectivity index is 0.000000516. The minimum absolute atomic E-state index is 0.184. The number of anilines is 2. The SMILES string of the molecule is CCN(CC)c1ccc2c(N(C)CC(=O)O)cc(=O)oc2c1.O=C(O)C(F)(F)F. The van der Waals surface area contributed by atoms with Crippen LogP contribution in [-0.4, -0.2) is 55.0 Å². The highest BCUT2D eigenvalue weighted by Gasteiger charge is 2.38. The lowest BCUT2D eigenvalue weighted by Crippen LogP contribution is -2.26. The molecule has 0 aliphatic rings. The maximum atomic E-state index is 11.8. The van der Waals surface area contributed by atoms with Crippen molar-refractivity contribution in [1.82, 2.24) is 0 Å². The van der Waals surface area contributed by atoms with Crippen LogP contribution in [0.5, 0.6) is 0 Å². The number of carboxylic acid groups (broad SMARTS) is 2. The third-order valence-corrected chi connectivity index (χ3v) is 3.86. The second-order valence-electron chi connectivity index (χ2n) is 5.86. The number of carbonyl (C=O) groups is 2. The molecule has 0 bridgehead atoms. The van der Waals surface area contributed by atoms with Gasteiger partial charge in [0.15, 0.2) is 0 Å². The zero-order chi connectivity index (χ0) is 22.4. The highest BCUT2D eigenvalue weighted by molar-refractivity contribution is 5.93. The molecule has 11 heteroatoms. The van der Waals surface area contributed by atoms with Crippen LogP contribution in [0.1, 0.15) is 13.8 Å². The first-order chi connectivity index (χ1) is 13.4. The van der Waals surface area contributed by atoms with Crippen molar-refractivity contribution < 1.29 is 37.4 Å². The van der Waals surface area contributed by atoms with E-state index in [4.69, 9.17) is 19.4 Å². The van der Waals surface area contributed by atoms with E-state index in [9.17, 15) is 22.8 Å². The van der Waals surface area contributed by atoms with Crippen molar-refractivity contribution in [2.24, 2.45) is 0 Å². The van der Waals surface area contributed by atoms with Gasteiger partial charge >= 0.3 is 23.7 Å². The maximum absolute atomic E-state index is 11.8. The lowest BCUT2D eigenvalue weighted by atomic mass is 10.1. The fourth-order valence-corrected chi connectivity index (χ4v) is 2.52. The van der Waals surface area contributed by atoms with Crippen LogP contribution in [0.15, 0.2) is 33.5 Å². The standard InChI is InChI=1S/C16H20N2O4.C2HF3O2/c1-4-18(5-2)11-6-7-12-13(17(3)10-15(19)20)9-16(21)22-14(12)8-11;3-2(4,5)1(6)7/h6-9H,4-5,10H2,1-3H3,(H,19,20);(H,6,7). The van der Waals surface area contributed by atoms with E-state index in [1.54, 1.807) is 7.05 Å². The number of halogens is 3. The summed E-state index contributed by atoms with van der Waals surface area (Å²) < 4.78 is 37.0. The fourth-order valence-electron chi connectivity index (χ4n) is 2.52. The number of hydrogen-bond acceptors (Lipinski definition) is 6. The average molecular weight is 418 g/mol. The maximum Gasteiger partial charge on any atom is 0.490 e. The van der Waals surface area contributed by atoms with Crippen LogP contribution in [0.25, 0.3) is 11.0 Å². The Kier molecular flexibility index (Phi) is 8.05. The molecule has 0 radical (unpaired) electrons. The smallest absolute Gasteiger partial charge is 0.480 e. The summed E-state index contributed by atoms with van der Waals surface area (Å²) in [6.45, 7) is 5.63. The van der Waals surface area contributed by atoms with E-state index in [1.165, 1.54) is 11.0 Å². The molecule has 0 unspecified atom stereocenters. The first kappa shape index (κ1) is 23.8. The predicted octanol–water partition coefficient (Wildman–Crippen LogP) is 2.79. The first-order valence-corrected chi connectivity index (χ1v) is 8.46. The van der Waals surface area contributed by atoms with Crippen molar-refractivity contribution in [3.8, 4) is 0 Å². The molecule has 1 aromatic carbocycles. The van der Waals surface area contributed by atoms with Crippen molar-refractivity contribution in [2.45, 2.75) is 20.0 Å². The Labute approximate surface area is 163 Å². The Morgan fingerprint density at radius 3 is 2.10 bits per heavy atom. The Morgan fingerprint density at radius 1 is 1.10 bits per heavy atom. The molecule has 1 aromatic heterocycles. The summed E-state index contributed by atoms with van der Waals surface area (Å²) >= 11 is 0. The summed E-state index contributed by atoms with van der Waals surface area (Å²) in [5.41, 5.74) is 1.50. The van der Waals surface area contributed by atoms with Gasteiger partial charge in [0.2, 0.25) is 0 Å². The van der Waals surface area contributed by atoms with Gasteiger partial charge in [-0.05, 0) is 26.0 Å². The number of rotatable bonds is 6. The monoisotopic (exact) mass is 418 g/mol. The van der Waals surface area contributed by atoms with E-state index in [-0.39, 0.29) is 6.54 Å². The van der Waals surface area contributed by atoms with Gasteiger partial charge in [-0.15, -0.1) is 0 Å². The Hall–Kier alpha value is -3.24. The normalized spacial score (nSPS) is 10.8. The summed E-state index contributed by atoms with van der Waals surface area (Å²) in [5, 5.41) is 16.8. The van der Waals surface area contributed by atoms with Crippen LogP contribution in [-0.2, 0) is 9.59 Å². The largest absolute Gasteiger partial charge is 0.490 e. The molecule has 0 spiro atoms. The van der Waals surface area contributed by atoms with Gasteiger partial charge in [-0.1, -0.05) is 0 Å². The molecule has 29 heavy (non-hydrogen) atoms. The molecule has 1 heterocycles. The van der Waals surface area contributed by atoms with Gasteiger partial charge in [0.1, 0.15) is 12.1 Å². The lowest BCUT2D eigenvalue weighted by molar-refractivity contribution is -0.192. The molecule has 160 valence electrons. The molecule has 0 amide bonds. The number of benzene rings is 1. The van der Waals surface area contributed by atoms with Gasteiger partial charge < -0.3 is 24.4 Å². The minimum Gasteiger partial charge on any atom is -0.480 e. The van der Waals surface area contributed by atoms with Gasteiger partial charge in [0, 0.05) is 43.3 Å². The van der Waals surface area contributed by atoms with Crippen molar-refractivity contribution in [3.63, 3.8) is 0 Å². The first-order valence-electron chi connectivity index (χ1n) is 8.46. The second kappa shape index (κ2) is 9.80. The van der Waals surface area contributed by atoms with E-state index in [0.29, 0.717) is 11.3 Å². The molecule has 0 aliphatic carbocycles. The number of fused-ring (bicyclic) bond motifs is 1. The Morgan fingerprint density at radius 2 is 1.66 bits per heavy atom. The summed E-state index contributed by atoms with van der Waals surface area (Å²) in [5.74, 6) is -3.71. The minimum atomic E-state index is -5.08. The van der Waals surface area contributed by atoms with E-state index in [2.05, 4.69) is 18.7 Å². The van der Waals surface area contributed by atoms with Crippen molar-refractivity contribution in [1.29, 1.82) is 0 Å². The highest BCUT2D eigenvalue weighted by Crippen LogP contribution is 2.28. The number of likely N-dealkylation sites (N-methyl/N-ethyl adjacent to an activating group) is 1.